The summed E-state index contributed by atoms with van der Waals surface area (Å²) in [5, 5.41) is 12.8. The first kappa shape index (κ1) is 7.59. The van der Waals surface area contributed by atoms with E-state index in [0.29, 0.717) is 5.82 Å². The Bertz CT molecular complexity index is 350. The van der Waals surface area contributed by atoms with Crippen LogP contribution in [0.2, 0.25) is 0 Å². The zero-order valence-corrected chi connectivity index (χ0v) is 6.47. The number of tetrazole rings is 1. The van der Waals surface area contributed by atoms with E-state index in [2.05, 4.69) is 20.6 Å². The summed E-state index contributed by atoms with van der Waals surface area (Å²) in [6, 6.07) is 0. The second kappa shape index (κ2) is 2.77. The Morgan fingerprint density at radius 3 is 2.54 bits per heavy atom. The summed E-state index contributed by atoms with van der Waals surface area (Å²) in [6.07, 6.45) is 2.42. The van der Waals surface area contributed by atoms with Crippen molar-refractivity contribution in [1.29, 1.82) is 0 Å². The summed E-state index contributed by atoms with van der Waals surface area (Å²) in [5.74, 6) is -0.394. The molecule has 0 atom stereocenters. The van der Waals surface area contributed by atoms with Gasteiger partial charge < -0.3 is 0 Å². The molecule has 2 amide bonds. The van der Waals surface area contributed by atoms with Gasteiger partial charge in [0.25, 0.3) is 11.8 Å². The predicted molar refractivity (Wildman–Crippen MR) is 38.9 cm³/mol. The molecular weight excluding hydrogens is 174 g/mol. The summed E-state index contributed by atoms with van der Waals surface area (Å²) >= 11 is 0. The van der Waals surface area contributed by atoms with Crippen LogP contribution < -0.4 is 0 Å². The SMILES string of the molecule is O=C1C=CC(=O)N1Cc1nn[nH]n1. The topological polar surface area (TPSA) is 91.8 Å². The number of carbonyl (C=O) groups is 2. The summed E-state index contributed by atoms with van der Waals surface area (Å²) in [7, 11) is 0. The molecular formula is C6H5N5O2. The summed E-state index contributed by atoms with van der Waals surface area (Å²) in [5.41, 5.74) is 0. The fraction of sp³-hybridized carbons (Fsp3) is 0.167. The molecule has 1 aromatic heterocycles. The van der Waals surface area contributed by atoms with Crippen molar-refractivity contribution >= 4 is 11.8 Å². The maximum Gasteiger partial charge on any atom is 0.254 e. The fourth-order valence-corrected chi connectivity index (χ4v) is 0.978. The third-order valence-electron chi connectivity index (χ3n) is 1.59. The van der Waals surface area contributed by atoms with Crippen LogP contribution >= 0.6 is 0 Å². The minimum Gasteiger partial charge on any atom is -0.269 e. The van der Waals surface area contributed by atoms with Gasteiger partial charge in [0.05, 0.1) is 6.54 Å². The number of nitrogens with zero attached hydrogens (tertiary/aromatic N) is 4. The van der Waals surface area contributed by atoms with Crippen LogP contribution in [0, 0.1) is 0 Å². The molecule has 0 fully saturated rings. The summed E-state index contributed by atoms with van der Waals surface area (Å²) < 4.78 is 0. The molecule has 7 heteroatoms. The van der Waals surface area contributed by atoms with Crippen LogP contribution in [0.25, 0.3) is 0 Å². The van der Waals surface area contributed by atoms with Crippen molar-refractivity contribution < 1.29 is 9.59 Å². The zero-order chi connectivity index (χ0) is 9.26. The Morgan fingerprint density at radius 1 is 1.31 bits per heavy atom. The number of nitrogens with one attached hydrogen (secondary N) is 1. The second-order valence-corrected chi connectivity index (χ2v) is 2.42. The number of H-pyrrole nitrogens is 1. The quantitative estimate of drug-likeness (QED) is 0.565. The molecule has 1 aliphatic heterocycles. The lowest BCUT2D eigenvalue weighted by Gasteiger charge is -2.09. The Balaban J connectivity index is 2.11. The molecule has 1 aliphatic rings. The van der Waals surface area contributed by atoms with Crippen molar-refractivity contribution in [3.05, 3.63) is 18.0 Å². The van der Waals surface area contributed by atoms with E-state index in [1.54, 1.807) is 0 Å². The molecule has 2 heterocycles. The molecule has 1 aromatic rings. The van der Waals surface area contributed by atoms with Gasteiger partial charge in [0.1, 0.15) is 0 Å². The maximum atomic E-state index is 11.0. The first-order valence-electron chi connectivity index (χ1n) is 3.53. The Morgan fingerprint density at radius 2 is 2.00 bits per heavy atom. The van der Waals surface area contributed by atoms with Crippen molar-refractivity contribution in [3.8, 4) is 0 Å². The Hall–Kier alpha value is -2.05. The van der Waals surface area contributed by atoms with Gasteiger partial charge in [-0.25, -0.2) is 0 Å². The molecule has 0 saturated heterocycles. The first-order valence-corrected chi connectivity index (χ1v) is 3.53. The lowest BCUT2D eigenvalue weighted by atomic mass is 10.5. The second-order valence-electron chi connectivity index (χ2n) is 2.42. The molecule has 2 rings (SSSR count). The fourth-order valence-electron chi connectivity index (χ4n) is 0.978. The third-order valence-corrected chi connectivity index (χ3v) is 1.59. The van der Waals surface area contributed by atoms with Gasteiger partial charge in [0.2, 0.25) is 0 Å². The van der Waals surface area contributed by atoms with Gasteiger partial charge in [-0.05, 0) is 0 Å². The monoisotopic (exact) mass is 179 g/mol. The zero-order valence-electron chi connectivity index (χ0n) is 6.47. The molecule has 0 spiro atoms. The molecule has 0 radical (unpaired) electrons. The van der Waals surface area contributed by atoms with E-state index >= 15 is 0 Å². The number of rotatable bonds is 2. The van der Waals surface area contributed by atoms with Crippen molar-refractivity contribution in [1.82, 2.24) is 25.5 Å². The van der Waals surface area contributed by atoms with Gasteiger partial charge in [0.15, 0.2) is 5.82 Å². The van der Waals surface area contributed by atoms with Crippen LogP contribution in [0.3, 0.4) is 0 Å². The summed E-state index contributed by atoms with van der Waals surface area (Å²) in [6.45, 7) is 0.0567. The molecule has 0 unspecified atom stereocenters. The lowest BCUT2D eigenvalue weighted by molar-refractivity contribution is -0.137. The molecule has 13 heavy (non-hydrogen) atoms. The van der Waals surface area contributed by atoms with Crippen LogP contribution in [0.15, 0.2) is 12.2 Å². The number of imide groups is 1. The number of carbonyl (C=O) groups excluding carboxylic acids is 2. The van der Waals surface area contributed by atoms with E-state index in [0.717, 1.165) is 4.90 Å². The number of amides is 2. The van der Waals surface area contributed by atoms with E-state index in [9.17, 15) is 9.59 Å². The van der Waals surface area contributed by atoms with E-state index < -0.39 is 0 Å². The van der Waals surface area contributed by atoms with E-state index in [-0.39, 0.29) is 18.4 Å². The predicted octanol–water partition coefficient (Wildman–Crippen LogP) is -1.38. The van der Waals surface area contributed by atoms with Gasteiger partial charge in [-0.1, -0.05) is 5.21 Å². The van der Waals surface area contributed by atoms with Crippen LogP contribution in [0.1, 0.15) is 5.82 Å². The molecule has 0 aliphatic carbocycles. The summed E-state index contributed by atoms with van der Waals surface area (Å²) in [4.78, 5) is 23.1. The average Bonchev–Trinajstić information content (AvgIpc) is 2.70. The van der Waals surface area contributed by atoms with Crippen LogP contribution in [0.5, 0.6) is 0 Å². The van der Waals surface area contributed by atoms with E-state index in [1.807, 2.05) is 0 Å². The highest BCUT2D eigenvalue weighted by Crippen LogP contribution is 2.06. The van der Waals surface area contributed by atoms with E-state index in [1.165, 1.54) is 12.2 Å². The third kappa shape index (κ3) is 1.31. The number of aromatic amines is 1. The number of hydrogen-bond acceptors (Lipinski definition) is 5. The van der Waals surface area contributed by atoms with E-state index in [4.69, 9.17) is 0 Å². The van der Waals surface area contributed by atoms with Crippen LogP contribution in [-0.4, -0.2) is 37.3 Å². The van der Waals surface area contributed by atoms with Crippen LogP contribution in [-0.2, 0) is 16.1 Å². The van der Waals surface area contributed by atoms with Crippen molar-refractivity contribution in [2.75, 3.05) is 0 Å². The Labute approximate surface area is 72.4 Å². The standard InChI is InChI=1S/C6H5N5O2/c12-5-1-2-6(13)11(5)3-4-7-9-10-8-4/h1-2H,3H2,(H,7,8,9,10). The molecule has 7 nitrogen and oxygen atoms in total. The normalized spacial score (nSPS) is 15.8. The first-order chi connectivity index (χ1) is 6.27. The largest absolute Gasteiger partial charge is 0.269 e. The smallest absolute Gasteiger partial charge is 0.254 e. The van der Waals surface area contributed by atoms with Crippen molar-refractivity contribution in [3.63, 3.8) is 0 Å². The van der Waals surface area contributed by atoms with Gasteiger partial charge >= 0.3 is 0 Å². The average molecular weight is 179 g/mol. The highest BCUT2D eigenvalue weighted by molar-refractivity contribution is 6.12. The molecule has 0 aromatic carbocycles. The molecule has 66 valence electrons. The van der Waals surface area contributed by atoms with Gasteiger partial charge in [-0.2, -0.15) is 5.21 Å². The highest BCUT2D eigenvalue weighted by atomic mass is 16.2. The van der Waals surface area contributed by atoms with Crippen molar-refractivity contribution in [2.45, 2.75) is 6.54 Å². The number of aromatic nitrogens is 4. The van der Waals surface area contributed by atoms with Crippen LogP contribution in [0.4, 0.5) is 0 Å². The van der Waals surface area contributed by atoms with Gasteiger partial charge in [0, 0.05) is 12.2 Å². The number of hydrogen-bond donors (Lipinski definition) is 1. The van der Waals surface area contributed by atoms with Gasteiger partial charge in [-0.15, -0.1) is 10.2 Å². The highest BCUT2D eigenvalue weighted by Gasteiger charge is 2.24. The lowest BCUT2D eigenvalue weighted by Crippen LogP contribution is -2.29. The minimum atomic E-state index is -0.352. The molecule has 1 N–H and O–H groups in total. The van der Waals surface area contributed by atoms with Gasteiger partial charge in [-0.3, -0.25) is 14.5 Å². The minimum absolute atomic E-state index is 0.0567. The maximum absolute atomic E-state index is 11.0. The molecule has 0 bridgehead atoms. The Kier molecular flexibility index (Phi) is 1.62. The molecule has 0 saturated carbocycles. The van der Waals surface area contributed by atoms with Crippen molar-refractivity contribution in [2.24, 2.45) is 0 Å².